The Hall–Kier alpha value is -1.14. The van der Waals surface area contributed by atoms with E-state index in [1.807, 2.05) is 41.5 Å². The van der Waals surface area contributed by atoms with Gasteiger partial charge in [-0.3, -0.25) is 9.69 Å². The van der Waals surface area contributed by atoms with Crippen LogP contribution in [-0.4, -0.2) is 63.8 Å². The molecule has 0 aliphatic carbocycles. The van der Waals surface area contributed by atoms with Gasteiger partial charge in [-0.2, -0.15) is 0 Å². The van der Waals surface area contributed by atoms with Crippen LogP contribution in [0.25, 0.3) is 0 Å². The van der Waals surface area contributed by atoms with Crippen molar-refractivity contribution >= 4 is 11.9 Å². The minimum absolute atomic E-state index is 0. The van der Waals surface area contributed by atoms with Crippen molar-refractivity contribution in [1.82, 2.24) is 9.80 Å². The van der Waals surface area contributed by atoms with Crippen LogP contribution in [-0.2, 0) is 14.3 Å². The second-order valence-corrected chi connectivity index (χ2v) is 6.91. The number of amides is 3. The van der Waals surface area contributed by atoms with Gasteiger partial charge in [-0.25, -0.2) is 4.79 Å². The van der Waals surface area contributed by atoms with Crippen molar-refractivity contribution in [2.24, 2.45) is 0 Å². The Morgan fingerprint density at radius 2 is 1.45 bits per heavy atom. The summed E-state index contributed by atoms with van der Waals surface area (Å²) >= 11 is 0. The second-order valence-electron chi connectivity index (χ2n) is 6.91. The SMILES string of the molecule is C.CC1OC1(C)C(C)N1CC(=O)N(C(C)C2(C)OC2C)C1=O. The first-order valence-electron chi connectivity index (χ1n) is 7.61. The lowest BCUT2D eigenvalue weighted by Crippen LogP contribution is -2.50. The maximum absolute atomic E-state index is 12.7. The predicted molar refractivity (Wildman–Crippen MR) is 82.5 cm³/mol. The molecule has 22 heavy (non-hydrogen) atoms. The van der Waals surface area contributed by atoms with Gasteiger partial charge in [0.05, 0.1) is 24.3 Å². The normalized spacial score (nSPS) is 43.0. The standard InChI is InChI=1S/C15H24N2O4.CH4/c1-8(14(5)10(3)20-14)16-7-12(18)17(13(16)19)9(2)15(6)11(4)21-15;/h8-11H,7H2,1-6H3;1H4. The van der Waals surface area contributed by atoms with Gasteiger partial charge in [-0.1, -0.05) is 7.43 Å². The predicted octanol–water partition coefficient (Wildman–Crippen LogP) is 2.02. The molecule has 0 bridgehead atoms. The van der Waals surface area contributed by atoms with Gasteiger partial charge >= 0.3 is 6.03 Å². The average molecular weight is 312 g/mol. The van der Waals surface area contributed by atoms with Crippen molar-refractivity contribution < 1.29 is 19.1 Å². The van der Waals surface area contributed by atoms with E-state index in [1.54, 1.807) is 4.90 Å². The molecule has 0 saturated carbocycles. The number of imide groups is 1. The number of nitrogens with zero attached hydrogens (tertiary/aromatic N) is 2. The van der Waals surface area contributed by atoms with Crippen LogP contribution in [0.15, 0.2) is 0 Å². The van der Waals surface area contributed by atoms with Crippen LogP contribution in [0.4, 0.5) is 4.79 Å². The lowest BCUT2D eigenvalue weighted by atomic mass is 9.98. The molecule has 6 nitrogen and oxygen atoms in total. The molecule has 6 heteroatoms. The molecule has 6 unspecified atom stereocenters. The summed E-state index contributed by atoms with van der Waals surface area (Å²) in [5.74, 6) is -0.153. The van der Waals surface area contributed by atoms with Gasteiger partial charge in [0.15, 0.2) is 0 Å². The summed E-state index contributed by atoms with van der Waals surface area (Å²) in [7, 11) is 0. The highest BCUT2D eigenvalue weighted by molar-refractivity contribution is 6.02. The number of epoxide rings is 2. The van der Waals surface area contributed by atoms with Crippen LogP contribution < -0.4 is 0 Å². The van der Waals surface area contributed by atoms with Gasteiger partial charge in [0, 0.05) is 0 Å². The molecule has 3 amide bonds. The topological polar surface area (TPSA) is 65.7 Å². The van der Waals surface area contributed by atoms with E-state index in [1.165, 1.54) is 4.90 Å². The van der Waals surface area contributed by atoms with Crippen LogP contribution in [0.1, 0.15) is 49.0 Å². The van der Waals surface area contributed by atoms with E-state index in [-0.39, 0.29) is 55.8 Å². The van der Waals surface area contributed by atoms with E-state index in [9.17, 15) is 9.59 Å². The third-order valence-electron chi connectivity index (χ3n) is 5.90. The highest BCUT2D eigenvalue weighted by Crippen LogP contribution is 2.44. The summed E-state index contributed by atoms with van der Waals surface area (Å²) in [6.45, 7) is 11.8. The molecule has 0 spiro atoms. The number of urea groups is 1. The molecule has 3 rings (SSSR count). The van der Waals surface area contributed by atoms with Crippen molar-refractivity contribution in [1.29, 1.82) is 0 Å². The molecule has 6 atom stereocenters. The van der Waals surface area contributed by atoms with E-state index < -0.39 is 5.60 Å². The molecule has 3 heterocycles. The number of carbonyl (C=O) groups excluding carboxylic acids is 2. The van der Waals surface area contributed by atoms with Crippen molar-refractivity contribution in [3.05, 3.63) is 0 Å². The van der Waals surface area contributed by atoms with Gasteiger partial charge < -0.3 is 14.4 Å². The van der Waals surface area contributed by atoms with E-state index in [0.717, 1.165) is 0 Å². The Morgan fingerprint density at radius 3 is 1.86 bits per heavy atom. The first kappa shape index (κ1) is 17.2. The second kappa shape index (κ2) is 4.93. The molecular weight excluding hydrogens is 284 g/mol. The van der Waals surface area contributed by atoms with Crippen LogP contribution >= 0.6 is 0 Å². The Kier molecular flexibility index (Phi) is 3.86. The largest absolute Gasteiger partial charge is 0.364 e. The maximum atomic E-state index is 12.7. The summed E-state index contributed by atoms with van der Waals surface area (Å²) in [5, 5.41) is 0. The molecule has 126 valence electrons. The molecule has 3 aliphatic heterocycles. The minimum atomic E-state index is -0.419. The molecule has 0 radical (unpaired) electrons. The molecule has 3 fully saturated rings. The molecule has 0 aromatic heterocycles. The molecular formula is C16H28N2O4. The molecule has 3 saturated heterocycles. The van der Waals surface area contributed by atoms with Gasteiger partial charge in [-0.15, -0.1) is 0 Å². The zero-order valence-corrected chi connectivity index (χ0v) is 13.5. The lowest BCUT2D eigenvalue weighted by molar-refractivity contribution is -0.127. The summed E-state index contributed by atoms with van der Waals surface area (Å²) in [6.07, 6.45) is 0.190. The fraction of sp³-hybridized carbons (Fsp3) is 0.875. The first-order chi connectivity index (χ1) is 9.63. The summed E-state index contributed by atoms with van der Waals surface area (Å²) in [5.41, 5.74) is -0.764. The van der Waals surface area contributed by atoms with Gasteiger partial charge in [-0.05, 0) is 41.5 Å². The van der Waals surface area contributed by atoms with Crippen LogP contribution in [0, 0.1) is 0 Å². The number of ether oxygens (including phenoxy) is 2. The quantitative estimate of drug-likeness (QED) is 0.588. The third kappa shape index (κ3) is 2.15. The highest BCUT2D eigenvalue weighted by atomic mass is 16.6. The zero-order chi connectivity index (χ0) is 15.7. The molecule has 3 aliphatic rings. The van der Waals surface area contributed by atoms with Crippen LogP contribution in [0.5, 0.6) is 0 Å². The van der Waals surface area contributed by atoms with Crippen LogP contribution in [0.2, 0.25) is 0 Å². The lowest BCUT2D eigenvalue weighted by Gasteiger charge is -2.30. The number of hydrogen-bond donors (Lipinski definition) is 0. The Balaban J connectivity index is 0.00000176. The zero-order valence-electron chi connectivity index (χ0n) is 13.5. The van der Waals surface area contributed by atoms with Crippen molar-refractivity contribution in [2.75, 3.05) is 6.54 Å². The number of hydrogen-bond acceptors (Lipinski definition) is 4. The van der Waals surface area contributed by atoms with Gasteiger partial charge in [0.25, 0.3) is 5.91 Å². The fourth-order valence-electron chi connectivity index (χ4n) is 3.35. The van der Waals surface area contributed by atoms with Crippen molar-refractivity contribution in [2.45, 2.75) is 84.5 Å². The smallest absolute Gasteiger partial charge is 0.327 e. The van der Waals surface area contributed by atoms with E-state index in [2.05, 4.69) is 0 Å². The Morgan fingerprint density at radius 1 is 1.05 bits per heavy atom. The van der Waals surface area contributed by atoms with Crippen LogP contribution in [0.3, 0.4) is 0 Å². The monoisotopic (exact) mass is 312 g/mol. The Bertz CT molecular complexity index is 510. The average Bonchev–Trinajstić information content (AvgIpc) is 3.18. The molecule has 0 aromatic carbocycles. The molecule has 0 aromatic rings. The number of carbonyl (C=O) groups is 2. The van der Waals surface area contributed by atoms with Gasteiger partial charge in [0.1, 0.15) is 17.7 Å². The third-order valence-corrected chi connectivity index (χ3v) is 5.90. The summed E-state index contributed by atoms with van der Waals surface area (Å²) in [4.78, 5) is 28.0. The summed E-state index contributed by atoms with van der Waals surface area (Å²) < 4.78 is 11.2. The maximum Gasteiger partial charge on any atom is 0.327 e. The van der Waals surface area contributed by atoms with E-state index in [4.69, 9.17) is 9.47 Å². The summed E-state index contributed by atoms with van der Waals surface area (Å²) in [6, 6.07) is -0.602. The first-order valence-corrected chi connectivity index (χ1v) is 7.61. The van der Waals surface area contributed by atoms with Crippen molar-refractivity contribution in [3.8, 4) is 0 Å². The fourth-order valence-corrected chi connectivity index (χ4v) is 3.35. The van der Waals surface area contributed by atoms with Crippen molar-refractivity contribution in [3.63, 3.8) is 0 Å². The Labute approximate surface area is 132 Å². The highest BCUT2D eigenvalue weighted by Gasteiger charge is 2.61. The number of rotatable bonds is 4. The van der Waals surface area contributed by atoms with E-state index in [0.29, 0.717) is 0 Å². The van der Waals surface area contributed by atoms with E-state index >= 15 is 0 Å². The van der Waals surface area contributed by atoms with Gasteiger partial charge in [0.2, 0.25) is 0 Å². The molecule has 0 N–H and O–H groups in total. The minimum Gasteiger partial charge on any atom is -0.364 e.